The van der Waals surface area contributed by atoms with Crippen molar-refractivity contribution in [1.29, 1.82) is 5.26 Å². The molecule has 1 spiro atoms. The van der Waals surface area contributed by atoms with Gasteiger partial charge in [-0.1, -0.05) is 121 Å². The molecule has 9 rings (SSSR count). The minimum absolute atomic E-state index is 0.619. The molecule has 0 fully saturated rings. The zero-order valence-corrected chi connectivity index (χ0v) is 27.1. The molecule has 3 heteroatoms. The summed E-state index contributed by atoms with van der Waals surface area (Å²) in [6.07, 6.45) is 4.49. The van der Waals surface area contributed by atoms with E-state index in [4.69, 9.17) is 6.57 Å². The van der Waals surface area contributed by atoms with Gasteiger partial charge in [0.05, 0.1) is 35.0 Å². The molecule has 1 aliphatic heterocycles. The Balaban J connectivity index is 1.43. The lowest BCUT2D eigenvalue weighted by molar-refractivity contribution is 0.730. The first-order valence-electron chi connectivity index (χ1n) is 16.7. The van der Waals surface area contributed by atoms with Crippen LogP contribution in [0.2, 0.25) is 0 Å². The van der Waals surface area contributed by atoms with Crippen LogP contribution < -0.4 is 4.90 Å². The van der Waals surface area contributed by atoms with Gasteiger partial charge in [0.1, 0.15) is 0 Å². The van der Waals surface area contributed by atoms with Crippen molar-refractivity contribution in [2.24, 2.45) is 0 Å². The summed E-state index contributed by atoms with van der Waals surface area (Å²) in [7, 11) is 0. The molecule has 1 heterocycles. The summed E-state index contributed by atoms with van der Waals surface area (Å²) in [4.78, 5) is 6.12. The van der Waals surface area contributed by atoms with Gasteiger partial charge in [-0.05, 0) is 110 Å². The van der Waals surface area contributed by atoms with Crippen LogP contribution in [0.3, 0.4) is 0 Å². The SMILES string of the molecule is [C-]#[N+]c1cccc(-c2ccc3c(c2)C2(c4cc(-c5cccc(C#N)c5)ccc4C=C3)c3ccccc3N(c3ccccc3)c3ccccc32)c1. The number of nitriles is 1. The first-order chi connectivity index (χ1) is 24.7. The summed E-state index contributed by atoms with van der Waals surface area (Å²) in [6.45, 7) is 7.68. The molecule has 0 amide bonds. The topological polar surface area (TPSA) is 31.4 Å². The number of nitrogens with zero attached hydrogens (tertiary/aromatic N) is 3. The monoisotopic (exact) mass is 635 g/mol. The van der Waals surface area contributed by atoms with E-state index in [1.165, 1.54) is 22.3 Å². The van der Waals surface area contributed by atoms with Crippen LogP contribution in [0.15, 0.2) is 164 Å². The van der Waals surface area contributed by atoms with E-state index >= 15 is 0 Å². The molecular formula is C47H29N3. The number of benzene rings is 7. The Morgan fingerprint density at radius 1 is 0.500 bits per heavy atom. The van der Waals surface area contributed by atoms with Crippen molar-refractivity contribution in [3.05, 3.63) is 214 Å². The summed E-state index contributed by atoms with van der Waals surface area (Å²) in [5, 5.41) is 9.76. The first-order valence-corrected chi connectivity index (χ1v) is 16.7. The number of hydrogen-bond donors (Lipinski definition) is 0. The van der Waals surface area contributed by atoms with Crippen LogP contribution in [0.4, 0.5) is 22.7 Å². The Labute approximate surface area is 292 Å². The highest BCUT2D eigenvalue weighted by molar-refractivity contribution is 5.94. The van der Waals surface area contributed by atoms with Crippen molar-refractivity contribution in [2.75, 3.05) is 4.90 Å². The fourth-order valence-electron chi connectivity index (χ4n) is 7.94. The van der Waals surface area contributed by atoms with Crippen molar-refractivity contribution in [2.45, 2.75) is 5.41 Å². The Morgan fingerprint density at radius 3 is 1.64 bits per heavy atom. The van der Waals surface area contributed by atoms with E-state index in [9.17, 15) is 5.26 Å². The van der Waals surface area contributed by atoms with Crippen LogP contribution in [-0.4, -0.2) is 0 Å². The van der Waals surface area contributed by atoms with Gasteiger partial charge in [0, 0.05) is 5.69 Å². The van der Waals surface area contributed by atoms with Crippen LogP contribution >= 0.6 is 0 Å². The van der Waals surface area contributed by atoms with Gasteiger partial charge in [-0.2, -0.15) is 5.26 Å². The van der Waals surface area contributed by atoms with Crippen molar-refractivity contribution < 1.29 is 0 Å². The van der Waals surface area contributed by atoms with E-state index in [1.54, 1.807) is 0 Å². The van der Waals surface area contributed by atoms with Crippen molar-refractivity contribution in [1.82, 2.24) is 0 Å². The van der Waals surface area contributed by atoms with Gasteiger partial charge in [0.25, 0.3) is 0 Å². The highest BCUT2D eigenvalue weighted by Gasteiger charge is 2.48. The van der Waals surface area contributed by atoms with Gasteiger partial charge in [0.2, 0.25) is 0 Å². The Morgan fingerprint density at radius 2 is 1.04 bits per heavy atom. The predicted molar refractivity (Wildman–Crippen MR) is 204 cm³/mol. The maximum Gasteiger partial charge on any atom is 0.187 e. The predicted octanol–water partition coefficient (Wildman–Crippen LogP) is 12.1. The number of hydrogen-bond acceptors (Lipinski definition) is 2. The molecule has 0 N–H and O–H groups in total. The average molecular weight is 636 g/mol. The molecule has 0 unspecified atom stereocenters. The molecular weight excluding hydrogens is 607 g/mol. The van der Waals surface area contributed by atoms with Crippen molar-refractivity contribution in [3.8, 4) is 28.3 Å². The summed E-state index contributed by atoms with van der Waals surface area (Å²) < 4.78 is 0. The molecule has 3 nitrogen and oxygen atoms in total. The van der Waals surface area contributed by atoms with Gasteiger partial charge in [0.15, 0.2) is 5.69 Å². The van der Waals surface area contributed by atoms with Crippen LogP contribution in [-0.2, 0) is 5.41 Å². The molecule has 0 aromatic heterocycles. The number of anilines is 3. The molecule has 0 saturated carbocycles. The molecule has 1 aliphatic carbocycles. The standard InChI is InChI=1S/C47H29N3/c1-49-39-14-10-13-36(28-39)38-26-24-34-22-21-33-23-25-37(35-12-9-11-32(27-35)31-48)29-43(33)47(44(34)30-38)41-17-5-7-19-45(41)50(40-15-3-2-4-16-40)46-20-8-6-18-42(46)47/h2-30H. The molecule has 0 atom stereocenters. The number of para-hydroxylation sites is 3. The first kappa shape index (κ1) is 29.2. The second-order valence-electron chi connectivity index (χ2n) is 12.7. The number of rotatable bonds is 3. The molecule has 0 saturated heterocycles. The largest absolute Gasteiger partial charge is 0.310 e. The third-order valence-electron chi connectivity index (χ3n) is 10.1. The summed E-state index contributed by atoms with van der Waals surface area (Å²) in [6, 6.07) is 59.7. The smallest absolute Gasteiger partial charge is 0.187 e. The van der Waals surface area contributed by atoms with Gasteiger partial charge in [-0.3, -0.25) is 0 Å². The normalized spacial score (nSPS) is 13.2. The maximum atomic E-state index is 9.76. The molecule has 7 aromatic carbocycles. The van der Waals surface area contributed by atoms with E-state index in [0.717, 1.165) is 50.4 Å². The van der Waals surface area contributed by atoms with E-state index in [2.05, 4.69) is 155 Å². The molecule has 7 aromatic rings. The van der Waals surface area contributed by atoms with E-state index in [-0.39, 0.29) is 0 Å². The van der Waals surface area contributed by atoms with Gasteiger partial charge >= 0.3 is 0 Å². The zero-order chi connectivity index (χ0) is 33.7. The molecule has 0 bridgehead atoms. The fourth-order valence-corrected chi connectivity index (χ4v) is 7.94. The van der Waals surface area contributed by atoms with Crippen molar-refractivity contribution in [3.63, 3.8) is 0 Å². The minimum Gasteiger partial charge on any atom is -0.310 e. The second kappa shape index (κ2) is 11.6. The van der Waals surface area contributed by atoms with Crippen LogP contribution in [0.1, 0.15) is 38.9 Å². The fraction of sp³-hybridized carbons (Fsp3) is 0.0213. The average Bonchev–Trinajstić information content (AvgIpc) is 3.33. The van der Waals surface area contributed by atoms with Gasteiger partial charge in [-0.15, -0.1) is 0 Å². The quantitative estimate of drug-likeness (QED) is 0.181. The Bertz CT molecular complexity index is 2420. The zero-order valence-electron chi connectivity index (χ0n) is 27.1. The van der Waals surface area contributed by atoms with Crippen LogP contribution in [0, 0.1) is 17.9 Å². The van der Waals surface area contributed by atoms with Crippen molar-refractivity contribution >= 4 is 34.9 Å². The lowest BCUT2D eigenvalue weighted by Gasteiger charge is -2.47. The van der Waals surface area contributed by atoms with Gasteiger partial charge < -0.3 is 4.90 Å². The lowest BCUT2D eigenvalue weighted by atomic mass is 9.60. The lowest BCUT2D eigenvalue weighted by Crippen LogP contribution is -2.38. The number of fused-ring (bicyclic) bond motifs is 8. The second-order valence-corrected chi connectivity index (χ2v) is 12.7. The molecule has 232 valence electrons. The Hall–Kier alpha value is -6.94. The van der Waals surface area contributed by atoms with E-state index in [1.807, 2.05) is 36.4 Å². The third kappa shape index (κ3) is 4.42. The summed E-state index contributed by atoms with van der Waals surface area (Å²) in [5.41, 5.74) is 15.0. The molecule has 2 aliphatic rings. The highest BCUT2D eigenvalue weighted by Crippen LogP contribution is 2.60. The summed E-state index contributed by atoms with van der Waals surface area (Å²) in [5.74, 6) is 0. The minimum atomic E-state index is -0.719. The maximum absolute atomic E-state index is 9.76. The van der Waals surface area contributed by atoms with Gasteiger partial charge in [-0.25, -0.2) is 4.85 Å². The summed E-state index contributed by atoms with van der Waals surface area (Å²) >= 11 is 0. The molecule has 0 radical (unpaired) electrons. The molecule has 50 heavy (non-hydrogen) atoms. The third-order valence-corrected chi connectivity index (χ3v) is 10.1. The van der Waals surface area contributed by atoms with Crippen LogP contribution in [0.5, 0.6) is 0 Å². The van der Waals surface area contributed by atoms with E-state index < -0.39 is 5.41 Å². The van der Waals surface area contributed by atoms with E-state index in [0.29, 0.717) is 11.3 Å². The Kier molecular flexibility index (Phi) is 6.80. The van der Waals surface area contributed by atoms with Crippen LogP contribution in [0.25, 0.3) is 39.3 Å². The highest BCUT2D eigenvalue weighted by atomic mass is 15.2.